The molecule has 154 valence electrons. The van der Waals surface area contributed by atoms with E-state index < -0.39 is 0 Å². The maximum Gasteiger partial charge on any atom is 0.310 e. The Morgan fingerprint density at radius 3 is 2.11 bits per heavy atom. The fourth-order valence-corrected chi connectivity index (χ4v) is 2.27. The Balaban J connectivity index is 0.00000676. The molecule has 0 aliphatic rings. The van der Waals surface area contributed by atoms with Crippen LogP contribution in [-0.4, -0.2) is 53.5 Å². The lowest BCUT2D eigenvalue weighted by atomic mass is 10.2. The number of carbonyl (C=O) groups excluding carboxylic acids is 1. The van der Waals surface area contributed by atoms with Crippen LogP contribution in [0, 0.1) is 5.92 Å². The number of hydrogen-bond donors (Lipinski definition) is 2. The lowest BCUT2D eigenvalue weighted by molar-refractivity contribution is -0.144. The van der Waals surface area contributed by atoms with Gasteiger partial charge >= 0.3 is 5.97 Å². The molecule has 8 nitrogen and oxygen atoms in total. The molecule has 9 heteroatoms. The van der Waals surface area contributed by atoms with Gasteiger partial charge in [0.05, 0.1) is 40.9 Å². The van der Waals surface area contributed by atoms with Crippen molar-refractivity contribution in [3.63, 3.8) is 0 Å². The molecule has 0 fully saturated rings. The van der Waals surface area contributed by atoms with Gasteiger partial charge in [-0.3, -0.25) is 4.79 Å². The second-order valence-electron chi connectivity index (χ2n) is 5.53. The highest BCUT2D eigenvalue weighted by Gasteiger charge is 2.14. The topological polar surface area (TPSA) is 90.4 Å². The number of ether oxygens (including phenoxy) is 4. The summed E-state index contributed by atoms with van der Waals surface area (Å²) in [5.41, 5.74) is 0.901. The van der Waals surface area contributed by atoms with Crippen LogP contribution in [0.25, 0.3) is 0 Å². The Labute approximate surface area is 178 Å². The minimum absolute atomic E-state index is 0. The van der Waals surface area contributed by atoms with Gasteiger partial charge in [0.15, 0.2) is 17.5 Å². The molecule has 0 amide bonds. The van der Waals surface area contributed by atoms with Crippen molar-refractivity contribution < 1.29 is 23.7 Å². The fraction of sp³-hybridized carbons (Fsp3) is 0.556. The molecule has 0 spiro atoms. The monoisotopic (exact) mass is 495 g/mol. The smallest absolute Gasteiger partial charge is 0.310 e. The number of benzene rings is 1. The quantitative estimate of drug-likeness (QED) is 0.235. The van der Waals surface area contributed by atoms with E-state index in [0.29, 0.717) is 42.8 Å². The largest absolute Gasteiger partial charge is 0.493 e. The third-order valence-electron chi connectivity index (χ3n) is 3.67. The maximum absolute atomic E-state index is 11.5. The van der Waals surface area contributed by atoms with Crippen molar-refractivity contribution in [1.29, 1.82) is 0 Å². The molecule has 1 atom stereocenters. The highest BCUT2D eigenvalue weighted by molar-refractivity contribution is 14.0. The molecule has 0 bridgehead atoms. The molecule has 27 heavy (non-hydrogen) atoms. The minimum atomic E-state index is -0.273. The van der Waals surface area contributed by atoms with Crippen LogP contribution in [0.3, 0.4) is 0 Å². The molecule has 1 rings (SSSR count). The summed E-state index contributed by atoms with van der Waals surface area (Å²) in [5, 5.41) is 6.28. The number of nitrogens with one attached hydrogen (secondary N) is 2. The SMILES string of the molecule is CCNC(=NCc1cc(OC)c(OC)c(OC)c1)NCC(C)C(=O)OC.I. The van der Waals surface area contributed by atoms with Gasteiger partial charge in [0, 0.05) is 13.1 Å². The van der Waals surface area contributed by atoms with Gasteiger partial charge < -0.3 is 29.6 Å². The molecule has 0 radical (unpaired) electrons. The molecule has 2 N–H and O–H groups in total. The second-order valence-corrected chi connectivity index (χ2v) is 5.53. The molecule has 0 heterocycles. The third kappa shape index (κ3) is 7.69. The Morgan fingerprint density at radius 2 is 1.67 bits per heavy atom. The first-order valence-electron chi connectivity index (χ1n) is 8.39. The molecule has 1 aromatic rings. The van der Waals surface area contributed by atoms with Crippen molar-refractivity contribution >= 4 is 35.9 Å². The number of aliphatic imine (C=N–C) groups is 1. The van der Waals surface area contributed by atoms with Crippen LogP contribution in [0.5, 0.6) is 17.2 Å². The summed E-state index contributed by atoms with van der Waals surface area (Å²) in [6.07, 6.45) is 0. The molecule has 1 aromatic carbocycles. The number of carbonyl (C=O) groups is 1. The Bertz CT molecular complexity index is 600. The highest BCUT2D eigenvalue weighted by atomic mass is 127. The van der Waals surface area contributed by atoms with Gasteiger partial charge in [-0.15, -0.1) is 24.0 Å². The fourth-order valence-electron chi connectivity index (χ4n) is 2.27. The Morgan fingerprint density at radius 1 is 1.07 bits per heavy atom. The summed E-state index contributed by atoms with van der Waals surface area (Å²) in [4.78, 5) is 16.0. The van der Waals surface area contributed by atoms with E-state index in [4.69, 9.17) is 18.9 Å². The van der Waals surface area contributed by atoms with Crippen LogP contribution >= 0.6 is 24.0 Å². The summed E-state index contributed by atoms with van der Waals surface area (Å²) < 4.78 is 20.8. The summed E-state index contributed by atoms with van der Waals surface area (Å²) >= 11 is 0. The van der Waals surface area contributed by atoms with Gasteiger partial charge in [-0.05, 0) is 24.6 Å². The van der Waals surface area contributed by atoms with Crippen LogP contribution < -0.4 is 24.8 Å². The summed E-state index contributed by atoms with van der Waals surface area (Å²) in [6.45, 7) is 5.29. The number of methoxy groups -OCH3 is 4. The van der Waals surface area contributed by atoms with E-state index in [1.807, 2.05) is 19.1 Å². The molecule has 0 saturated heterocycles. The average Bonchev–Trinajstić information content (AvgIpc) is 2.67. The van der Waals surface area contributed by atoms with Gasteiger partial charge in [0.1, 0.15) is 0 Å². The zero-order chi connectivity index (χ0) is 19.5. The summed E-state index contributed by atoms with van der Waals surface area (Å²) in [6, 6.07) is 3.71. The molecular formula is C18H30IN3O5. The second kappa shape index (κ2) is 13.3. The summed E-state index contributed by atoms with van der Waals surface area (Å²) in [5.74, 6) is 1.77. The number of rotatable bonds is 9. The zero-order valence-corrected chi connectivity index (χ0v) is 19.1. The molecule has 0 aliphatic heterocycles. The first-order chi connectivity index (χ1) is 12.5. The van der Waals surface area contributed by atoms with Crippen molar-refractivity contribution in [1.82, 2.24) is 10.6 Å². The van der Waals surface area contributed by atoms with Gasteiger partial charge in [-0.2, -0.15) is 0 Å². The number of guanidine groups is 1. The van der Waals surface area contributed by atoms with Crippen LogP contribution in [0.15, 0.2) is 17.1 Å². The van der Waals surface area contributed by atoms with E-state index in [1.165, 1.54) is 7.11 Å². The molecule has 0 aliphatic carbocycles. The minimum Gasteiger partial charge on any atom is -0.493 e. The van der Waals surface area contributed by atoms with Gasteiger partial charge in [-0.1, -0.05) is 6.92 Å². The molecule has 1 unspecified atom stereocenters. The van der Waals surface area contributed by atoms with E-state index in [1.54, 1.807) is 28.3 Å². The zero-order valence-electron chi connectivity index (χ0n) is 16.8. The third-order valence-corrected chi connectivity index (χ3v) is 3.67. The first kappa shape index (κ1) is 25.1. The Hall–Kier alpha value is -1.91. The van der Waals surface area contributed by atoms with E-state index in [0.717, 1.165) is 5.56 Å². The van der Waals surface area contributed by atoms with Crippen LogP contribution in [0.2, 0.25) is 0 Å². The molecule has 0 aromatic heterocycles. The average molecular weight is 495 g/mol. The van der Waals surface area contributed by atoms with Crippen molar-refractivity contribution in [2.75, 3.05) is 41.5 Å². The maximum atomic E-state index is 11.5. The van der Waals surface area contributed by atoms with E-state index in [9.17, 15) is 4.79 Å². The molecule has 0 saturated carbocycles. The number of nitrogens with zero attached hydrogens (tertiary/aromatic N) is 1. The lowest BCUT2D eigenvalue weighted by Crippen LogP contribution is -2.40. The predicted molar refractivity (Wildman–Crippen MR) is 116 cm³/mol. The van der Waals surface area contributed by atoms with Gasteiger partial charge in [0.2, 0.25) is 5.75 Å². The number of halogens is 1. The Kier molecular flexibility index (Phi) is 12.3. The number of esters is 1. The van der Waals surface area contributed by atoms with Crippen molar-refractivity contribution in [2.45, 2.75) is 20.4 Å². The lowest BCUT2D eigenvalue weighted by Gasteiger charge is -2.15. The van der Waals surface area contributed by atoms with Crippen molar-refractivity contribution in [3.05, 3.63) is 17.7 Å². The van der Waals surface area contributed by atoms with E-state index in [2.05, 4.69) is 15.6 Å². The first-order valence-corrected chi connectivity index (χ1v) is 8.39. The van der Waals surface area contributed by atoms with Crippen LogP contribution in [0.1, 0.15) is 19.4 Å². The van der Waals surface area contributed by atoms with Crippen LogP contribution in [-0.2, 0) is 16.1 Å². The number of hydrogen-bond acceptors (Lipinski definition) is 6. The van der Waals surface area contributed by atoms with Crippen molar-refractivity contribution in [2.24, 2.45) is 10.9 Å². The van der Waals surface area contributed by atoms with Gasteiger partial charge in [-0.25, -0.2) is 4.99 Å². The predicted octanol–water partition coefficient (Wildman–Crippen LogP) is 2.19. The van der Waals surface area contributed by atoms with Crippen molar-refractivity contribution in [3.8, 4) is 17.2 Å². The normalized spacial score (nSPS) is 11.7. The van der Waals surface area contributed by atoms with E-state index in [-0.39, 0.29) is 35.9 Å². The standard InChI is InChI=1S/C18H29N3O5.HI/c1-7-19-18(20-10-12(2)17(22)26-6)21-11-13-8-14(23-3)16(25-5)15(9-13)24-4;/h8-9,12H,7,10-11H2,1-6H3,(H2,19,20,21);1H. The van der Waals surface area contributed by atoms with Crippen LogP contribution in [0.4, 0.5) is 0 Å². The van der Waals surface area contributed by atoms with E-state index >= 15 is 0 Å². The molecular weight excluding hydrogens is 465 g/mol. The van der Waals surface area contributed by atoms with Gasteiger partial charge in [0.25, 0.3) is 0 Å². The summed E-state index contributed by atoms with van der Waals surface area (Å²) in [7, 11) is 6.09. The highest BCUT2D eigenvalue weighted by Crippen LogP contribution is 2.38.